The fourth-order valence-electron chi connectivity index (χ4n) is 3.04. The molecule has 3 rings (SSSR count). The lowest BCUT2D eigenvalue weighted by molar-refractivity contribution is -0.0172. The van der Waals surface area contributed by atoms with Crippen molar-refractivity contribution >= 4 is 6.03 Å². The molecule has 144 valence electrons. The number of halogens is 2. The lowest BCUT2D eigenvalue weighted by atomic mass is 10.1. The maximum absolute atomic E-state index is 13.8. The second kappa shape index (κ2) is 8.81. The summed E-state index contributed by atoms with van der Waals surface area (Å²) >= 11 is 0. The zero-order chi connectivity index (χ0) is 19.2. The molecular formula is C20H22F2N2O3. The summed E-state index contributed by atoms with van der Waals surface area (Å²) in [5.74, 6) is -0.0571. The molecule has 2 aromatic carbocycles. The van der Waals surface area contributed by atoms with Crippen molar-refractivity contribution in [3.05, 3.63) is 64.7 Å². The van der Waals surface area contributed by atoms with E-state index in [1.54, 1.807) is 17.0 Å². The third-order valence-electron chi connectivity index (χ3n) is 4.35. The van der Waals surface area contributed by atoms with Crippen LogP contribution in [-0.2, 0) is 24.3 Å². The lowest BCUT2D eigenvalue weighted by Gasteiger charge is -2.23. The molecule has 0 unspecified atom stereocenters. The monoisotopic (exact) mass is 376 g/mol. The molecule has 2 aromatic rings. The van der Waals surface area contributed by atoms with Gasteiger partial charge in [-0.05, 0) is 48.7 Å². The minimum absolute atomic E-state index is 0.134. The van der Waals surface area contributed by atoms with Gasteiger partial charge in [0.2, 0.25) is 0 Å². The zero-order valence-electron chi connectivity index (χ0n) is 15.1. The number of urea groups is 1. The summed E-state index contributed by atoms with van der Waals surface area (Å²) in [6.07, 6.45) is 0.434. The molecule has 5 nitrogen and oxygen atoms in total. The van der Waals surface area contributed by atoms with Gasteiger partial charge in [0.1, 0.15) is 17.4 Å². The number of carbonyl (C=O) groups excluding carboxylic acids is 1. The van der Waals surface area contributed by atoms with Crippen molar-refractivity contribution < 1.29 is 23.0 Å². The second-order valence-electron chi connectivity index (χ2n) is 6.29. The van der Waals surface area contributed by atoms with Crippen molar-refractivity contribution in [3.63, 3.8) is 0 Å². The highest BCUT2D eigenvalue weighted by Gasteiger charge is 2.17. The number of hydrogen-bond acceptors (Lipinski definition) is 3. The first-order chi connectivity index (χ1) is 13.1. The van der Waals surface area contributed by atoms with Gasteiger partial charge in [0, 0.05) is 25.2 Å². The summed E-state index contributed by atoms with van der Waals surface area (Å²) in [6.45, 7) is 3.43. The van der Waals surface area contributed by atoms with E-state index in [9.17, 15) is 13.6 Å². The quantitative estimate of drug-likeness (QED) is 0.838. The number of nitrogens with zero attached hydrogens (tertiary/aromatic N) is 1. The normalized spacial score (nSPS) is 12.9. The summed E-state index contributed by atoms with van der Waals surface area (Å²) in [6, 6.07) is 8.73. The average Bonchev–Trinajstić information content (AvgIpc) is 2.65. The van der Waals surface area contributed by atoms with Gasteiger partial charge in [0.25, 0.3) is 0 Å². The molecular weight excluding hydrogens is 354 g/mol. The zero-order valence-corrected chi connectivity index (χ0v) is 15.1. The van der Waals surface area contributed by atoms with Crippen LogP contribution in [0.4, 0.5) is 13.6 Å². The van der Waals surface area contributed by atoms with Gasteiger partial charge >= 0.3 is 6.03 Å². The maximum atomic E-state index is 13.8. The first-order valence-electron chi connectivity index (χ1n) is 8.86. The van der Waals surface area contributed by atoms with Crippen LogP contribution in [0, 0.1) is 11.6 Å². The van der Waals surface area contributed by atoms with Gasteiger partial charge in [0.05, 0.1) is 6.61 Å². The SMILES string of the molecule is CCN(Cc1cccc(F)c1)C(=O)NCCc1cc(F)cc2c1OCOC2. The molecule has 0 saturated heterocycles. The summed E-state index contributed by atoms with van der Waals surface area (Å²) in [4.78, 5) is 14.0. The largest absolute Gasteiger partial charge is 0.467 e. The topological polar surface area (TPSA) is 50.8 Å². The summed E-state index contributed by atoms with van der Waals surface area (Å²) < 4.78 is 37.7. The number of amides is 2. The van der Waals surface area contributed by atoms with E-state index in [0.29, 0.717) is 49.5 Å². The van der Waals surface area contributed by atoms with E-state index in [4.69, 9.17) is 9.47 Å². The van der Waals surface area contributed by atoms with Gasteiger partial charge in [-0.1, -0.05) is 12.1 Å². The van der Waals surface area contributed by atoms with Crippen LogP contribution in [0.15, 0.2) is 36.4 Å². The average molecular weight is 376 g/mol. The molecule has 0 fully saturated rings. The minimum Gasteiger partial charge on any atom is -0.467 e. The van der Waals surface area contributed by atoms with Gasteiger partial charge in [-0.25, -0.2) is 13.6 Å². The van der Waals surface area contributed by atoms with Crippen LogP contribution in [0.5, 0.6) is 5.75 Å². The molecule has 1 heterocycles. The van der Waals surface area contributed by atoms with Crippen LogP contribution >= 0.6 is 0 Å². The van der Waals surface area contributed by atoms with E-state index >= 15 is 0 Å². The fourth-order valence-corrected chi connectivity index (χ4v) is 3.04. The van der Waals surface area contributed by atoms with Crippen molar-refractivity contribution in [1.29, 1.82) is 0 Å². The summed E-state index contributed by atoms with van der Waals surface area (Å²) in [5.41, 5.74) is 2.09. The maximum Gasteiger partial charge on any atom is 0.317 e. The first-order valence-corrected chi connectivity index (χ1v) is 8.86. The Balaban J connectivity index is 1.58. The highest BCUT2D eigenvalue weighted by atomic mass is 19.1. The Hall–Kier alpha value is -2.67. The Bertz CT molecular complexity index is 814. The Morgan fingerprint density at radius 3 is 2.85 bits per heavy atom. The highest BCUT2D eigenvalue weighted by molar-refractivity contribution is 5.74. The van der Waals surface area contributed by atoms with Crippen LogP contribution in [-0.4, -0.2) is 30.8 Å². The van der Waals surface area contributed by atoms with Crippen molar-refractivity contribution in [2.45, 2.75) is 26.5 Å². The van der Waals surface area contributed by atoms with Crippen molar-refractivity contribution in [2.24, 2.45) is 0 Å². The molecule has 0 radical (unpaired) electrons. The molecule has 0 bridgehead atoms. The Kier molecular flexibility index (Phi) is 6.24. The van der Waals surface area contributed by atoms with Gasteiger partial charge in [-0.3, -0.25) is 0 Å². The summed E-state index contributed by atoms with van der Waals surface area (Å²) in [5, 5.41) is 2.83. The van der Waals surface area contributed by atoms with E-state index in [2.05, 4.69) is 5.32 Å². The molecule has 27 heavy (non-hydrogen) atoms. The van der Waals surface area contributed by atoms with E-state index in [0.717, 1.165) is 5.56 Å². The third kappa shape index (κ3) is 4.95. The number of benzene rings is 2. The number of nitrogens with one attached hydrogen (secondary N) is 1. The van der Waals surface area contributed by atoms with E-state index < -0.39 is 0 Å². The molecule has 0 spiro atoms. The molecule has 2 amide bonds. The second-order valence-corrected chi connectivity index (χ2v) is 6.29. The van der Waals surface area contributed by atoms with Crippen LogP contribution in [0.2, 0.25) is 0 Å². The number of hydrogen-bond donors (Lipinski definition) is 1. The Morgan fingerprint density at radius 1 is 1.22 bits per heavy atom. The molecule has 1 aliphatic heterocycles. The van der Waals surface area contributed by atoms with Gasteiger partial charge < -0.3 is 19.7 Å². The molecule has 1 aliphatic rings. The number of rotatable bonds is 6. The van der Waals surface area contributed by atoms with E-state index in [1.165, 1.54) is 24.3 Å². The van der Waals surface area contributed by atoms with Gasteiger partial charge in [-0.2, -0.15) is 0 Å². The molecule has 7 heteroatoms. The number of fused-ring (bicyclic) bond motifs is 1. The first kappa shape index (κ1) is 19.1. The predicted molar refractivity (Wildman–Crippen MR) is 96.3 cm³/mol. The predicted octanol–water partition coefficient (Wildman–Crippen LogP) is 3.61. The standard InChI is InChI=1S/C20H22F2N2O3/c1-2-24(11-14-4-3-5-17(21)8-14)20(25)23-7-6-15-9-18(22)10-16-12-26-13-27-19(15)16/h3-5,8-10H,2,6-7,11-13H2,1H3,(H,23,25). The summed E-state index contributed by atoms with van der Waals surface area (Å²) in [7, 11) is 0. The van der Waals surface area contributed by atoms with Crippen LogP contribution in [0.1, 0.15) is 23.6 Å². The number of carbonyl (C=O) groups is 1. The smallest absolute Gasteiger partial charge is 0.317 e. The van der Waals surface area contributed by atoms with E-state index in [-0.39, 0.29) is 24.5 Å². The molecule has 0 aromatic heterocycles. The van der Waals surface area contributed by atoms with Crippen LogP contribution in [0.3, 0.4) is 0 Å². The fraction of sp³-hybridized carbons (Fsp3) is 0.350. The molecule has 0 saturated carbocycles. The number of ether oxygens (including phenoxy) is 2. The van der Waals surface area contributed by atoms with Gasteiger partial charge in [-0.15, -0.1) is 0 Å². The van der Waals surface area contributed by atoms with E-state index in [1.807, 2.05) is 6.92 Å². The van der Waals surface area contributed by atoms with Crippen LogP contribution < -0.4 is 10.1 Å². The Morgan fingerprint density at radius 2 is 2.07 bits per heavy atom. The highest BCUT2D eigenvalue weighted by Crippen LogP contribution is 2.29. The van der Waals surface area contributed by atoms with Gasteiger partial charge in [0.15, 0.2) is 6.79 Å². The van der Waals surface area contributed by atoms with Crippen LogP contribution in [0.25, 0.3) is 0 Å². The molecule has 0 aliphatic carbocycles. The molecule has 0 atom stereocenters. The van der Waals surface area contributed by atoms with Crippen molar-refractivity contribution in [1.82, 2.24) is 10.2 Å². The minimum atomic E-state index is -0.356. The lowest BCUT2D eigenvalue weighted by Crippen LogP contribution is -2.40. The van der Waals surface area contributed by atoms with Crippen molar-refractivity contribution in [3.8, 4) is 5.75 Å². The Labute approximate surface area is 156 Å². The third-order valence-corrected chi connectivity index (χ3v) is 4.35. The molecule has 1 N–H and O–H groups in total. The van der Waals surface area contributed by atoms with Crippen molar-refractivity contribution in [2.75, 3.05) is 19.9 Å².